The van der Waals surface area contributed by atoms with E-state index in [1.807, 2.05) is 38.1 Å². The van der Waals surface area contributed by atoms with Crippen LogP contribution in [0.5, 0.6) is 11.5 Å². The standard InChI is InChI=1S/C17H17BrClNO3/c1-10-4-5-15(22-3)14(6-10)20-16(21)9-23-17-11(2)7-12(18)8-13(17)19/h4-8H,9H2,1-3H3,(H,20,21). The lowest BCUT2D eigenvalue weighted by molar-refractivity contribution is -0.118. The fraction of sp³-hybridized carbons (Fsp3) is 0.235. The Kier molecular flexibility index (Phi) is 5.91. The molecule has 0 spiro atoms. The van der Waals surface area contributed by atoms with Crippen LogP contribution in [-0.2, 0) is 4.79 Å². The molecule has 0 aromatic heterocycles. The maximum Gasteiger partial charge on any atom is 0.262 e. The average molecular weight is 399 g/mol. The molecule has 1 N–H and O–H groups in total. The fourth-order valence-electron chi connectivity index (χ4n) is 2.12. The summed E-state index contributed by atoms with van der Waals surface area (Å²) in [6.07, 6.45) is 0. The van der Waals surface area contributed by atoms with Crippen LogP contribution in [0.1, 0.15) is 11.1 Å². The summed E-state index contributed by atoms with van der Waals surface area (Å²) in [7, 11) is 1.56. The predicted molar refractivity (Wildman–Crippen MR) is 95.7 cm³/mol. The highest BCUT2D eigenvalue weighted by molar-refractivity contribution is 9.10. The molecule has 6 heteroatoms. The number of hydrogen-bond donors (Lipinski definition) is 1. The number of methoxy groups -OCH3 is 1. The van der Waals surface area contributed by atoms with E-state index in [0.717, 1.165) is 15.6 Å². The summed E-state index contributed by atoms with van der Waals surface area (Å²) in [5.74, 6) is 0.815. The molecule has 23 heavy (non-hydrogen) atoms. The van der Waals surface area contributed by atoms with Crippen molar-refractivity contribution in [1.82, 2.24) is 0 Å². The van der Waals surface area contributed by atoms with Gasteiger partial charge in [-0.25, -0.2) is 0 Å². The lowest BCUT2D eigenvalue weighted by atomic mass is 10.2. The van der Waals surface area contributed by atoms with Crippen molar-refractivity contribution < 1.29 is 14.3 Å². The summed E-state index contributed by atoms with van der Waals surface area (Å²) in [6.45, 7) is 3.67. The molecular formula is C17H17BrClNO3. The third-order valence-electron chi connectivity index (χ3n) is 3.17. The highest BCUT2D eigenvalue weighted by atomic mass is 79.9. The quantitative estimate of drug-likeness (QED) is 0.791. The molecular weight excluding hydrogens is 382 g/mol. The number of nitrogens with one attached hydrogen (secondary N) is 1. The molecule has 0 aliphatic rings. The minimum absolute atomic E-state index is 0.140. The van der Waals surface area contributed by atoms with Gasteiger partial charge in [0, 0.05) is 4.47 Å². The molecule has 0 aliphatic heterocycles. The Labute approximate surface area is 148 Å². The second-order valence-electron chi connectivity index (χ2n) is 5.07. The van der Waals surface area contributed by atoms with E-state index in [4.69, 9.17) is 21.1 Å². The van der Waals surface area contributed by atoms with E-state index in [1.165, 1.54) is 0 Å². The molecule has 0 heterocycles. The van der Waals surface area contributed by atoms with Crippen molar-refractivity contribution in [3.8, 4) is 11.5 Å². The van der Waals surface area contributed by atoms with E-state index in [1.54, 1.807) is 13.2 Å². The number of rotatable bonds is 5. The van der Waals surface area contributed by atoms with Crippen LogP contribution < -0.4 is 14.8 Å². The van der Waals surface area contributed by atoms with Crippen molar-refractivity contribution in [3.63, 3.8) is 0 Å². The maximum absolute atomic E-state index is 12.1. The van der Waals surface area contributed by atoms with Crippen molar-refractivity contribution in [3.05, 3.63) is 51.0 Å². The molecule has 0 radical (unpaired) electrons. The predicted octanol–water partition coefficient (Wildman–Crippen LogP) is 4.75. The number of halogens is 2. The number of benzene rings is 2. The Morgan fingerprint density at radius 2 is 2.00 bits per heavy atom. The molecule has 0 saturated heterocycles. The van der Waals surface area contributed by atoms with Gasteiger partial charge in [0.25, 0.3) is 5.91 Å². The molecule has 122 valence electrons. The summed E-state index contributed by atoms with van der Waals surface area (Å²) in [6, 6.07) is 9.17. The third-order valence-corrected chi connectivity index (χ3v) is 3.91. The number of carbonyl (C=O) groups is 1. The molecule has 0 bridgehead atoms. The number of anilines is 1. The third kappa shape index (κ3) is 4.62. The van der Waals surface area contributed by atoms with Gasteiger partial charge in [-0.3, -0.25) is 4.79 Å². The zero-order chi connectivity index (χ0) is 17.0. The van der Waals surface area contributed by atoms with Crippen LogP contribution >= 0.6 is 27.5 Å². The van der Waals surface area contributed by atoms with Gasteiger partial charge in [0.2, 0.25) is 0 Å². The molecule has 0 aliphatic carbocycles. The first-order chi connectivity index (χ1) is 10.9. The Hall–Kier alpha value is -1.72. The van der Waals surface area contributed by atoms with E-state index >= 15 is 0 Å². The number of hydrogen-bond acceptors (Lipinski definition) is 3. The maximum atomic E-state index is 12.1. The topological polar surface area (TPSA) is 47.6 Å². The van der Waals surface area contributed by atoms with Gasteiger partial charge in [-0.1, -0.05) is 33.6 Å². The van der Waals surface area contributed by atoms with Gasteiger partial charge in [0.15, 0.2) is 6.61 Å². The van der Waals surface area contributed by atoms with Gasteiger partial charge in [0.1, 0.15) is 11.5 Å². The monoisotopic (exact) mass is 397 g/mol. The van der Waals surface area contributed by atoms with Crippen molar-refractivity contribution in [2.45, 2.75) is 13.8 Å². The van der Waals surface area contributed by atoms with E-state index < -0.39 is 0 Å². The zero-order valence-corrected chi connectivity index (χ0v) is 15.4. The van der Waals surface area contributed by atoms with E-state index in [2.05, 4.69) is 21.2 Å². The molecule has 2 aromatic carbocycles. The van der Waals surface area contributed by atoms with Gasteiger partial charge >= 0.3 is 0 Å². The molecule has 0 unspecified atom stereocenters. The van der Waals surface area contributed by atoms with Crippen LogP contribution in [0.15, 0.2) is 34.8 Å². The van der Waals surface area contributed by atoms with Crippen LogP contribution in [0.3, 0.4) is 0 Å². The lowest BCUT2D eigenvalue weighted by Gasteiger charge is -2.13. The van der Waals surface area contributed by atoms with E-state index in [0.29, 0.717) is 22.2 Å². The first kappa shape index (κ1) is 17.6. The SMILES string of the molecule is COc1ccc(C)cc1NC(=O)COc1c(C)cc(Br)cc1Cl. The molecule has 0 saturated carbocycles. The first-order valence-corrected chi connectivity index (χ1v) is 8.10. The summed E-state index contributed by atoms with van der Waals surface area (Å²) in [5.41, 5.74) is 2.49. The smallest absolute Gasteiger partial charge is 0.262 e. The second-order valence-corrected chi connectivity index (χ2v) is 6.40. The van der Waals surface area contributed by atoms with Crippen molar-refractivity contribution in [1.29, 1.82) is 0 Å². The Bertz CT molecular complexity index is 711. The van der Waals surface area contributed by atoms with E-state index in [-0.39, 0.29) is 12.5 Å². The summed E-state index contributed by atoms with van der Waals surface area (Å²) < 4.78 is 11.7. The Morgan fingerprint density at radius 3 is 2.65 bits per heavy atom. The molecule has 2 aromatic rings. The van der Waals surface area contributed by atoms with Gasteiger partial charge in [-0.15, -0.1) is 0 Å². The average Bonchev–Trinajstić information content (AvgIpc) is 2.46. The summed E-state index contributed by atoms with van der Waals surface area (Å²) in [4.78, 5) is 12.1. The van der Waals surface area contributed by atoms with Gasteiger partial charge in [-0.2, -0.15) is 0 Å². The van der Waals surface area contributed by atoms with Crippen molar-refractivity contribution in [2.75, 3.05) is 19.0 Å². The highest BCUT2D eigenvalue weighted by Crippen LogP contribution is 2.32. The number of aryl methyl sites for hydroxylation is 2. The second kappa shape index (κ2) is 7.70. The summed E-state index contributed by atoms with van der Waals surface area (Å²) >= 11 is 9.50. The fourth-order valence-corrected chi connectivity index (χ4v) is 3.14. The van der Waals surface area contributed by atoms with Crippen LogP contribution in [0.4, 0.5) is 5.69 Å². The molecule has 1 amide bonds. The number of ether oxygens (including phenoxy) is 2. The Balaban J connectivity index is 2.05. The summed E-state index contributed by atoms with van der Waals surface area (Å²) in [5, 5.41) is 3.24. The van der Waals surface area contributed by atoms with Gasteiger partial charge < -0.3 is 14.8 Å². The minimum Gasteiger partial charge on any atom is -0.495 e. The van der Waals surface area contributed by atoms with Crippen LogP contribution in [-0.4, -0.2) is 19.6 Å². The largest absolute Gasteiger partial charge is 0.495 e. The molecule has 4 nitrogen and oxygen atoms in total. The van der Waals surface area contributed by atoms with Crippen molar-refractivity contribution >= 4 is 39.1 Å². The van der Waals surface area contributed by atoms with Gasteiger partial charge in [0.05, 0.1) is 17.8 Å². The lowest BCUT2D eigenvalue weighted by Crippen LogP contribution is -2.21. The van der Waals surface area contributed by atoms with E-state index in [9.17, 15) is 4.79 Å². The first-order valence-electron chi connectivity index (χ1n) is 6.93. The highest BCUT2D eigenvalue weighted by Gasteiger charge is 2.12. The normalized spacial score (nSPS) is 10.3. The zero-order valence-electron chi connectivity index (χ0n) is 13.1. The Morgan fingerprint density at radius 1 is 1.26 bits per heavy atom. The van der Waals surface area contributed by atoms with Crippen molar-refractivity contribution in [2.24, 2.45) is 0 Å². The molecule has 0 atom stereocenters. The molecule has 2 rings (SSSR count). The molecule has 0 fully saturated rings. The van der Waals surface area contributed by atoms with Gasteiger partial charge in [-0.05, 0) is 49.2 Å². The van der Waals surface area contributed by atoms with Crippen LogP contribution in [0, 0.1) is 13.8 Å². The minimum atomic E-state index is -0.285. The number of amides is 1. The van der Waals surface area contributed by atoms with Crippen LogP contribution in [0.25, 0.3) is 0 Å². The number of carbonyl (C=O) groups excluding carboxylic acids is 1. The van der Waals surface area contributed by atoms with Crippen LogP contribution in [0.2, 0.25) is 5.02 Å².